The molecule has 0 saturated carbocycles. The van der Waals surface area contributed by atoms with Crippen LogP contribution in [0.4, 0.5) is 5.69 Å². The number of piperazine rings is 1. The third kappa shape index (κ3) is 6.46. The predicted molar refractivity (Wildman–Crippen MR) is 114 cm³/mol. The minimum Gasteiger partial charge on any atom is -0.338 e. The number of amides is 2. The molecule has 28 heavy (non-hydrogen) atoms. The maximum Gasteiger partial charge on any atom is 0.238 e. The van der Waals surface area contributed by atoms with Gasteiger partial charge < -0.3 is 10.2 Å². The van der Waals surface area contributed by atoms with E-state index in [2.05, 4.69) is 21.7 Å². The first-order valence-electron chi connectivity index (χ1n) is 10.0. The maximum atomic E-state index is 12.5. The molecule has 0 aromatic heterocycles. The van der Waals surface area contributed by atoms with Crippen LogP contribution in [-0.4, -0.2) is 78.9 Å². The number of anilines is 1. The van der Waals surface area contributed by atoms with Gasteiger partial charge in [-0.15, -0.1) is 0 Å². The molecule has 1 aromatic rings. The molecule has 1 saturated heterocycles. The average molecular weight is 387 g/mol. The second kappa shape index (κ2) is 10.4. The van der Waals surface area contributed by atoms with E-state index in [9.17, 15) is 9.59 Å². The minimum atomic E-state index is 0.0110. The lowest BCUT2D eigenvalue weighted by Crippen LogP contribution is -2.51. The molecule has 0 radical (unpaired) electrons. The Balaban J connectivity index is 1.77. The number of carbonyl (C=O) groups is 2. The van der Waals surface area contributed by atoms with Crippen molar-refractivity contribution in [3.63, 3.8) is 0 Å². The summed E-state index contributed by atoms with van der Waals surface area (Å²) in [5, 5.41) is 3.02. The first kappa shape index (κ1) is 22.1. The van der Waals surface area contributed by atoms with Crippen molar-refractivity contribution < 1.29 is 9.59 Å². The Morgan fingerprint density at radius 1 is 1.11 bits per heavy atom. The first-order chi connectivity index (χ1) is 13.3. The molecule has 154 valence electrons. The smallest absolute Gasteiger partial charge is 0.238 e. The molecule has 0 bridgehead atoms. The molecule has 1 fully saturated rings. The summed E-state index contributed by atoms with van der Waals surface area (Å²) >= 11 is 0. The zero-order valence-electron chi connectivity index (χ0n) is 17.8. The van der Waals surface area contributed by atoms with E-state index in [1.165, 1.54) is 5.56 Å². The van der Waals surface area contributed by atoms with Gasteiger partial charge in [-0.25, -0.2) is 0 Å². The molecule has 0 spiro atoms. The highest BCUT2D eigenvalue weighted by molar-refractivity contribution is 5.93. The van der Waals surface area contributed by atoms with E-state index in [1.807, 2.05) is 50.8 Å². The molecule has 0 aliphatic carbocycles. The fourth-order valence-electron chi connectivity index (χ4n) is 3.38. The molecular formula is C22H34N4O2. The second-order valence-corrected chi connectivity index (χ2v) is 7.71. The highest BCUT2D eigenvalue weighted by atomic mass is 16.2. The van der Waals surface area contributed by atoms with Crippen molar-refractivity contribution in [1.82, 2.24) is 14.7 Å². The van der Waals surface area contributed by atoms with Crippen LogP contribution in [0, 0.1) is 13.8 Å². The zero-order valence-corrected chi connectivity index (χ0v) is 17.8. The van der Waals surface area contributed by atoms with Gasteiger partial charge in [0.1, 0.15) is 0 Å². The van der Waals surface area contributed by atoms with Crippen molar-refractivity contribution in [3.05, 3.63) is 41.5 Å². The average Bonchev–Trinajstić information content (AvgIpc) is 2.65. The van der Waals surface area contributed by atoms with E-state index in [4.69, 9.17) is 0 Å². The lowest BCUT2D eigenvalue weighted by atomic mass is 10.1. The third-order valence-electron chi connectivity index (χ3n) is 5.26. The molecule has 2 rings (SSSR count). The normalized spacial score (nSPS) is 15.3. The zero-order chi connectivity index (χ0) is 20.7. The Morgan fingerprint density at radius 2 is 1.71 bits per heavy atom. The fraction of sp³-hybridized carbons (Fsp3) is 0.545. The Bertz CT molecular complexity index is 708. The van der Waals surface area contributed by atoms with E-state index in [0.717, 1.165) is 43.0 Å². The van der Waals surface area contributed by atoms with Gasteiger partial charge in [-0.2, -0.15) is 0 Å². The highest BCUT2D eigenvalue weighted by Gasteiger charge is 2.22. The topological polar surface area (TPSA) is 55.9 Å². The Morgan fingerprint density at radius 3 is 2.29 bits per heavy atom. The highest BCUT2D eigenvalue weighted by Crippen LogP contribution is 2.18. The number of likely N-dealkylation sites (N-methyl/N-ethyl adjacent to an activating group) is 1. The van der Waals surface area contributed by atoms with E-state index in [-0.39, 0.29) is 11.8 Å². The summed E-state index contributed by atoms with van der Waals surface area (Å²) in [6, 6.07) is 5.94. The molecule has 1 N–H and O–H groups in total. The quantitative estimate of drug-likeness (QED) is 0.697. The Kier molecular flexibility index (Phi) is 8.20. The predicted octanol–water partition coefficient (Wildman–Crippen LogP) is 2.28. The van der Waals surface area contributed by atoms with Gasteiger partial charge >= 0.3 is 0 Å². The van der Waals surface area contributed by atoms with Gasteiger partial charge in [0, 0.05) is 45.0 Å². The van der Waals surface area contributed by atoms with Crippen LogP contribution in [0.25, 0.3) is 0 Å². The standard InChI is InChI=1S/C22H34N4O2/c1-6-26(14-17(2)3)22(28)16-25-12-10-24(11-13-25)15-21(27)23-20-9-7-8-18(4)19(20)5/h7-9H,2,6,10-16H2,1,3-5H3,(H,23,27). The van der Waals surface area contributed by atoms with Gasteiger partial charge in [0.2, 0.25) is 11.8 Å². The van der Waals surface area contributed by atoms with Gasteiger partial charge in [-0.3, -0.25) is 19.4 Å². The second-order valence-electron chi connectivity index (χ2n) is 7.71. The largest absolute Gasteiger partial charge is 0.338 e. The van der Waals surface area contributed by atoms with Gasteiger partial charge in [0.05, 0.1) is 13.1 Å². The van der Waals surface area contributed by atoms with Crippen molar-refractivity contribution in [2.75, 3.05) is 57.7 Å². The molecule has 6 nitrogen and oxygen atoms in total. The molecule has 1 heterocycles. The number of benzene rings is 1. The van der Waals surface area contributed by atoms with Crippen LogP contribution in [0.5, 0.6) is 0 Å². The van der Waals surface area contributed by atoms with Crippen LogP contribution < -0.4 is 5.32 Å². The van der Waals surface area contributed by atoms with Crippen molar-refractivity contribution in [2.24, 2.45) is 0 Å². The Hall–Kier alpha value is -2.18. The lowest BCUT2D eigenvalue weighted by molar-refractivity contribution is -0.132. The number of carbonyl (C=O) groups excluding carboxylic acids is 2. The summed E-state index contributed by atoms with van der Waals surface area (Å²) in [4.78, 5) is 31.0. The number of rotatable bonds is 8. The van der Waals surface area contributed by atoms with E-state index in [0.29, 0.717) is 26.2 Å². The van der Waals surface area contributed by atoms with Gasteiger partial charge in [-0.1, -0.05) is 24.3 Å². The van der Waals surface area contributed by atoms with E-state index in [1.54, 1.807) is 0 Å². The Labute approximate surface area is 169 Å². The van der Waals surface area contributed by atoms with Gasteiger partial charge in [0.15, 0.2) is 0 Å². The molecule has 0 unspecified atom stereocenters. The number of aryl methyl sites for hydroxylation is 1. The fourth-order valence-corrected chi connectivity index (χ4v) is 3.38. The van der Waals surface area contributed by atoms with Crippen LogP contribution in [-0.2, 0) is 9.59 Å². The number of nitrogens with one attached hydrogen (secondary N) is 1. The SMILES string of the molecule is C=C(C)CN(CC)C(=O)CN1CCN(CC(=O)Nc2cccc(C)c2C)CC1. The molecule has 1 aromatic carbocycles. The maximum absolute atomic E-state index is 12.5. The summed E-state index contributed by atoms with van der Waals surface area (Å²) < 4.78 is 0. The molecule has 1 aliphatic rings. The molecular weight excluding hydrogens is 352 g/mol. The number of nitrogens with zero attached hydrogens (tertiary/aromatic N) is 3. The van der Waals surface area contributed by atoms with Crippen LogP contribution in [0.2, 0.25) is 0 Å². The van der Waals surface area contributed by atoms with E-state index < -0.39 is 0 Å². The number of hydrogen-bond acceptors (Lipinski definition) is 4. The first-order valence-corrected chi connectivity index (χ1v) is 10.0. The van der Waals surface area contributed by atoms with E-state index >= 15 is 0 Å². The van der Waals surface area contributed by atoms with Crippen LogP contribution >= 0.6 is 0 Å². The van der Waals surface area contributed by atoms with Crippen LogP contribution in [0.1, 0.15) is 25.0 Å². The molecule has 6 heteroatoms. The van der Waals surface area contributed by atoms with Gasteiger partial charge in [0.25, 0.3) is 0 Å². The summed E-state index contributed by atoms with van der Waals surface area (Å²) in [6.45, 7) is 17.2. The molecule has 2 amide bonds. The summed E-state index contributed by atoms with van der Waals surface area (Å²) in [6.07, 6.45) is 0. The third-order valence-corrected chi connectivity index (χ3v) is 5.26. The van der Waals surface area contributed by atoms with Gasteiger partial charge in [-0.05, 0) is 44.9 Å². The van der Waals surface area contributed by atoms with Crippen molar-refractivity contribution in [2.45, 2.75) is 27.7 Å². The van der Waals surface area contributed by atoms with Crippen LogP contribution in [0.3, 0.4) is 0 Å². The summed E-state index contributed by atoms with van der Waals surface area (Å²) in [5.41, 5.74) is 4.15. The van der Waals surface area contributed by atoms with Crippen molar-refractivity contribution >= 4 is 17.5 Å². The molecule has 1 aliphatic heterocycles. The minimum absolute atomic E-state index is 0.0110. The molecule has 0 atom stereocenters. The monoisotopic (exact) mass is 386 g/mol. The summed E-state index contributed by atoms with van der Waals surface area (Å²) in [5.74, 6) is 0.156. The van der Waals surface area contributed by atoms with Crippen LogP contribution in [0.15, 0.2) is 30.4 Å². The van der Waals surface area contributed by atoms with Crippen molar-refractivity contribution in [1.29, 1.82) is 0 Å². The lowest BCUT2D eigenvalue weighted by Gasteiger charge is -2.35. The number of hydrogen-bond donors (Lipinski definition) is 1. The van der Waals surface area contributed by atoms with Crippen molar-refractivity contribution in [3.8, 4) is 0 Å². The summed E-state index contributed by atoms with van der Waals surface area (Å²) in [7, 11) is 0.